The number of halogens is 1. The second-order valence-corrected chi connectivity index (χ2v) is 10.6. The molecular formula is C28H44FNO2. The first-order valence-electron chi connectivity index (χ1n) is 13.1. The lowest BCUT2D eigenvalue weighted by atomic mass is 9.72. The fourth-order valence-electron chi connectivity index (χ4n) is 5.91. The molecule has 1 aromatic carbocycles. The number of carbonyl (C=O) groups excluding carboxylic acids is 1. The van der Waals surface area contributed by atoms with Crippen molar-refractivity contribution >= 4 is 5.97 Å². The molecule has 2 aliphatic carbocycles. The van der Waals surface area contributed by atoms with Gasteiger partial charge in [0.2, 0.25) is 0 Å². The summed E-state index contributed by atoms with van der Waals surface area (Å²) in [6.45, 7) is 9.27. The Bertz CT molecular complexity index is 683. The van der Waals surface area contributed by atoms with E-state index < -0.39 is 0 Å². The van der Waals surface area contributed by atoms with Gasteiger partial charge in [-0.25, -0.2) is 4.39 Å². The molecule has 0 aromatic heterocycles. The van der Waals surface area contributed by atoms with Gasteiger partial charge < -0.3 is 4.74 Å². The van der Waals surface area contributed by atoms with Crippen molar-refractivity contribution in [3.05, 3.63) is 35.6 Å². The van der Waals surface area contributed by atoms with Gasteiger partial charge in [0.05, 0.1) is 6.61 Å². The predicted molar refractivity (Wildman–Crippen MR) is 129 cm³/mol. The van der Waals surface area contributed by atoms with E-state index in [-0.39, 0.29) is 11.8 Å². The van der Waals surface area contributed by atoms with Crippen LogP contribution in [0.15, 0.2) is 24.3 Å². The predicted octanol–water partition coefficient (Wildman–Crippen LogP) is 6.96. The van der Waals surface area contributed by atoms with Crippen molar-refractivity contribution in [1.29, 1.82) is 0 Å². The Morgan fingerprint density at radius 2 is 1.78 bits per heavy atom. The molecular weight excluding hydrogens is 401 g/mol. The van der Waals surface area contributed by atoms with Crippen molar-refractivity contribution < 1.29 is 13.9 Å². The molecule has 2 aliphatic rings. The van der Waals surface area contributed by atoms with Gasteiger partial charge in [0.25, 0.3) is 0 Å². The highest BCUT2D eigenvalue weighted by Crippen LogP contribution is 2.41. The van der Waals surface area contributed by atoms with Crippen molar-refractivity contribution in [2.45, 2.75) is 96.9 Å². The number of hydrogen-bond donors (Lipinski definition) is 0. The van der Waals surface area contributed by atoms with E-state index in [1.54, 1.807) is 12.1 Å². The van der Waals surface area contributed by atoms with Crippen LogP contribution in [0.3, 0.4) is 0 Å². The van der Waals surface area contributed by atoms with Crippen LogP contribution in [0.2, 0.25) is 0 Å². The third-order valence-electron chi connectivity index (χ3n) is 7.66. The van der Waals surface area contributed by atoms with Crippen molar-refractivity contribution in [2.24, 2.45) is 17.8 Å². The highest BCUT2D eigenvalue weighted by atomic mass is 19.1. The van der Waals surface area contributed by atoms with Crippen LogP contribution >= 0.6 is 0 Å². The molecule has 0 bridgehead atoms. The Kier molecular flexibility index (Phi) is 10.0. The molecule has 0 radical (unpaired) electrons. The van der Waals surface area contributed by atoms with Crippen LogP contribution < -0.4 is 0 Å². The average Bonchev–Trinajstić information content (AvgIpc) is 2.78. The van der Waals surface area contributed by atoms with Gasteiger partial charge in [-0.2, -0.15) is 0 Å². The minimum Gasteiger partial charge on any atom is -0.466 e. The maximum absolute atomic E-state index is 13.7. The molecule has 3 rings (SSSR count). The highest BCUT2D eigenvalue weighted by molar-refractivity contribution is 5.69. The summed E-state index contributed by atoms with van der Waals surface area (Å²) < 4.78 is 18.9. The van der Waals surface area contributed by atoms with E-state index in [4.69, 9.17) is 4.74 Å². The van der Waals surface area contributed by atoms with E-state index >= 15 is 0 Å². The molecule has 32 heavy (non-hydrogen) atoms. The molecule has 0 N–H and O–H groups in total. The van der Waals surface area contributed by atoms with Gasteiger partial charge in [0.15, 0.2) is 0 Å². The Hall–Kier alpha value is -1.42. The third kappa shape index (κ3) is 7.57. The monoisotopic (exact) mass is 445 g/mol. The lowest BCUT2D eigenvalue weighted by molar-refractivity contribution is -0.144. The number of benzene rings is 1. The number of rotatable bonds is 10. The van der Waals surface area contributed by atoms with Gasteiger partial charge in [0, 0.05) is 19.0 Å². The first-order valence-corrected chi connectivity index (χ1v) is 13.1. The highest BCUT2D eigenvalue weighted by Gasteiger charge is 2.36. The normalized spacial score (nSPS) is 24.8. The Balaban J connectivity index is 1.79. The molecule has 0 amide bonds. The summed E-state index contributed by atoms with van der Waals surface area (Å²) in [6.07, 6.45) is 11.7. The Labute approximate surface area is 195 Å². The number of nitrogens with zero attached hydrogens (tertiary/aromatic N) is 1. The molecule has 2 fully saturated rings. The molecule has 4 heteroatoms. The largest absolute Gasteiger partial charge is 0.466 e. The van der Waals surface area contributed by atoms with Gasteiger partial charge in [-0.15, -0.1) is 0 Å². The summed E-state index contributed by atoms with van der Waals surface area (Å²) in [6, 6.07) is 7.61. The summed E-state index contributed by atoms with van der Waals surface area (Å²) >= 11 is 0. The topological polar surface area (TPSA) is 29.5 Å². The molecule has 0 spiro atoms. The fourth-order valence-corrected chi connectivity index (χ4v) is 5.91. The first kappa shape index (κ1) is 25.2. The smallest absolute Gasteiger partial charge is 0.306 e. The van der Waals surface area contributed by atoms with Crippen LogP contribution in [0.4, 0.5) is 4.39 Å². The molecule has 0 unspecified atom stereocenters. The van der Waals surface area contributed by atoms with Gasteiger partial charge in [-0.3, -0.25) is 9.69 Å². The zero-order chi connectivity index (χ0) is 22.9. The average molecular weight is 446 g/mol. The Morgan fingerprint density at radius 3 is 2.44 bits per heavy atom. The number of hydrogen-bond acceptors (Lipinski definition) is 3. The van der Waals surface area contributed by atoms with Crippen molar-refractivity contribution in [3.8, 4) is 0 Å². The zero-order valence-corrected chi connectivity index (χ0v) is 20.5. The summed E-state index contributed by atoms with van der Waals surface area (Å²) in [5.74, 6) is 1.94. The maximum atomic E-state index is 13.7. The molecule has 180 valence electrons. The van der Waals surface area contributed by atoms with E-state index in [0.29, 0.717) is 36.8 Å². The quantitative estimate of drug-likeness (QED) is 0.365. The second-order valence-electron chi connectivity index (χ2n) is 10.6. The van der Waals surface area contributed by atoms with Crippen molar-refractivity contribution in [3.63, 3.8) is 0 Å². The minimum absolute atomic E-state index is 0.0762. The third-order valence-corrected chi connectivity index (χ3v) is 7.66. The molecule has 3 nitrogen and oxygen atoms in total. The van der Waals surface area contributed by atoms with Crippen LogP contribution in [-0.4, -0.2) is 36.6 Å². The summed E-state index contributed by atoms with van der Waals surface area (Å²) in [5, 5.41) is 0. The van der Waals surface area contributed by atoms with Crippen LogP contribution in [0.5, 0.6) is 0 Å². The van der Waals surface area contributed by atoms with E-state index in [1.165, 1.54) is 50.6 Å². The molecule has 0 aliphatic heterocycles. The molecule has 1 aromatic rings. The standard InChI is InChI=1S/C28H44FNO2/c1-4-32-28(31)19-23-10-15-27(26(18-23)24-11-13-25(29)14-12-24)30(17-16-21(2)3)20-22-8-6-5-7-9-22/h11-14,21-23,26-27H,4-10,15-20H2,1-3H3/t23-,26+,27-/m1/s1. The van der Waals surface area contributed by atoms with Crippen LogP contribution in [0, 0.1) is 23.6 Å². The molecule has 3 atom stereocenters. The lowest BCUT2D eigenvalue weighted by Gasteiger charge is -2.44. The van der Waals surface area contributed by atoms with Crippen LogP contribution in [-0.2, 0) is 9.53 Å². The summed E-state index contributed by atoms with van der Waals surface area (Å²) in [5.41, 5.74) is 1.23. The maximum Gasteiger partial charge on any atom is 0.306 e. The second kappa shape index (κ2) is 12.7. The molecule has 0 heterocycles. The first-order chi connectivity index (χ1) is 15.5. The van der Waals surface area contributed by atoms with E-state index in [9.17, 15) is 9.18 Å². The SMILES string of the molecule is CCOC(=O)C[C@@H]1CC[C@@H](N(CCC(C)C)CC2CCCCC2)[C@H](c2ccc(F)cc2)C1. The minimum atomic E-state index is -0.178. The van der Waals surface area contributed by atoms with E-state index in [0.717, 1.165) is 31.7 Å². The van der Waals surface area contributed by atoms with Crippen molar-refractivity contribution in [1.82, 2.24) is 4.90 Å². The van der Waals surface area contributed by atoms with Crippen molar-refractivity contribution in [2.75, 3.05) is 19.7 Å². The zero-order valence-electron chi connectivity index (χ0n) is 20.5. The summed E-state index contributed by atoms with van der Waals surface area (Å²) in [4.78, 5) is 15.0. The van der Waals surface area contributed by atoms with Gasteiger partial charge in [-0.05, 0) is 93.4 Å². The van der Waals surface area contributed by atoms with E-state index in [1.807, 2.05) is 19.1 Å². The van der Waals surface area contributed by atoms with E-state index in [2.05, 4.69) is 18.7 Å². The Morgan fingerprint density at radius 1 is 1.06 bits per heavy atom. The number of esters is 1. The van der Waals surface area contributed by atoms with Gasteiger partial charge in [-0.1, -0.05) is 45.2 Å². The molecule has 2 saturated carbocycles. The van der Waals surface area contributed by atoms with Crippen LogP contribution in [0.1, 0.15) is 96.5 Å². The number of carbonyl (C=O) groups is 1. The lowest BCUT2D eigenvalue weighted by Crippen LogP contribution is -2.46. The molecule has 0 saturated heterocycles. The fraction of sp³-hybridized carbons (Fsp3) is 0.750. The summed E-state index contributed by atoms with van der Waals surface area (Å²) in [7, 11) is 0. The number of ether oxygens (including phenoxy) is 1. The van der Waals surface area contributed by atoms with Crippen LogP contribution in [0.25, 0.3) is 0 Å². The van der Waals surface area contributed by atoms with Gasteiger partial charge in [0.1, 0.15) is 5.82 Å². The van der Waals surface area contributed by atoms with Gasteiger partial charge >= 0.3 is 5.97 Å².